The van der Waals surface area contributed by atoms with Crippen molar-refractivity contribution in [3.8, 4) is 23.0 Å². The van der Waals surface area contributed by atoms with Gasteiger partial charge in [0.2, 0.25) is 5.91 Å². The molecule has 1 fully saturated rings. The molecule has 1 unspecified atom stereocenters. The van der Waals surface area contributed by atoms with E-state index in [9.17, 15) is 9.59 Å². The van der Waals surface area contributed by atoms with Crippen LogP contribution in [0.3, 0.4) is 0 Å². The number of nitrogens with one attached hydrogen (secondary N) is 1. The lowest BCUT2D eigenvalue weighted by Gasteiger charge is -2.19. The zero-order valence-corrected chi connectivity index (χ0v) is 20.7. The summed E-state index contributed by atoms with van der Waals surface area (Å²) in [6.07, 6.45) is 2.64. The quantitative estimate of drug-likeness (QED) is 0.310. The van der Waals surface area contributed by atoms with Crippen LogP contribution in [0.15, 0.2) is 72.8 Å². The second kappa shape index (κ2) is 11.3. The molecule has 0 spiro atoms. The van der Waals surface area contributed by atoms with Crippen LogP contribution in [0.2, 0.25) is 0 Å². The summed E-state index contributed by atoms with van der Waals surface area (Å²) in [5, 5.41) is 2.02. The van der Waals surface area contributed by atoms with Crippen molar-refractivity contribution in [3.05, 3.63) is 83.9 Å². The Balaban J connectivity index is 1.26. The van der Waals surface area contributed by atoms with Gasteiger partial charge in [0.1, 0.15) is 27.7 Å². The molecule has 1 aliphatic rings. The van der Waals surface area contributed by atoms with Gasteiger partial charge in [0.05, 0.1) is 13.2 Å². The lowest BCUT2D eigenvalue weighted by atomic mass is 9.99. The number of thioether (sulfide) groups is 1. The number of carbonyl (C=O) groups excluding carboxylic acids is 2. The Bertz CT molecular complexity index is 1170. The first-order chi connectivity index (χ1) is 17.0. The van der Waals surface area contributed by atoms with Crippen LogP contribution >= 0.6 is 11.8 Å². The second-order valence-corrected chi connectivity index (χ2v) is 9.78. The van der Waals surface area contributed by atoms with Crippen LogP contribution in [-0.4, -0.2) is 24.4 Å². The van der Waals surface area contributed by atoms with E-state index in [1.165, 1.54) is 0 Å². The maximum Gasteiger partial charge on any atom is 0.287 e. The maximum atomic E-state index is 12.1. The van der Waals surface area contributed by atoms with Crippen LogP contribution < -0.4 is 19.5 Å². The lowest BCUT2D eigenvalue weighted by molar-refractivity contribution is -0.121. The zero-order valence-electron chi connectivity index (χ0n) is 19.9. The fraction of sp³-hybridized carbons (Fsp3) is 0.286. The third-order valence-electron chi connectivity index (χ3n) is 5.70. The predicted molar refractivity (Wildman–Crippen MR) is 137 cm³/mol. The van der Waals surface area contributed by atoms with Gasteiger partial charge in [0.25, 0.3) is 5.24 Å². The van der Waals surface area contributed by atoms with Crippen LogP contribution in [0.25, 0.3) is 0 Å². The summed E-state index contributed by atoms with van der Waals surface area (Å²) in [5.41, 5.74) is 1.89. The molecule has 0 bridgehead atoms. The van der Waals surface area contributed by atoms with E-state index in [1.54, 1.807) is 6.92 Å². The molecule has 182 valence electrons. The molecule has 3 aromatic rings. The molecule has 0 aromatic heterocycles. The number of para-hydroxylation sites is 1. The summed E-state index contributed by atoms with van der Waals surface area (Å²) in [6, 6.07) is 23.0. The lowest BCUT2D eigenvalue weighted by Crippen LogP contribution is -2.31. The molecule has 1 aliphatic heterocycles. The minimum absolute atomic E-state index is 0.291. The number of ether oxygens (including phenoxy) is 3. The number of rotatable bonds is 11. The Morgan fingerprint density at radius 3 is 2.26 bits per heavy atom. The van der Waals surface area contributed by atoms with E-state index < -0.39 is 4.75 Å². The number of aryl methyl sites for hydroxylation is 1. The summed E-state index contributed by atoms with van der Waals surface area (Å²) >= 11 is 0.998. The Kier molecular flexibility index (Phi) is 7.98. The first-order valence-corrected chi connectivity index (χ1v) is 12.6. The minimum atomic E-state index is -0.901. The number of imide groups is 1. The molecule has 0 radical (unpaired) electrons. The van der Waals surface area contributed by atoms with Crippen molar-refractivity contribution in [2.45, 2.75) is 37.9 Å². The van der Waals surface area contributed by atoms with Gasteiger partial charge in [-0.2, -0.15) is 0 Å². The largest absolute Gasteiger partial charge is 0.493 e. The van der Waals surface area contributed by atoms with Gasteiger partial charge >= 0.3 is 0 Å². The Hall–Kier alpha value is -3.45. The Morgan fingerprint density at radius 1 is 0.857 bits per heavy atom. The minimum Gasteiger partial charge on any atom is -0.493 e. The zero-order chi connectivity index (χ0) is 24.7. The van der Waals surface area contributed by atoms with Crippen molar-refractivity contribution in [3.63, 3.8) is 0 Å². The van der Waals surface area contributed by atoms with Gasteiger partial charge in [-0.25, -0.2) is 0 Å². The highest BCUT2D eigenvalue weighted by Gasteiger charge is 2.45. The molecule has 4 rings (SSSR count). The number of amides is 2. The molecule has 35 heavy (non-hydrogen) atoms. The average Bonchev–Trinajstić information content (AvgIpc) is 3.13. The Morgan fingerprint density at radius 2 is 1.57 bits per heavy atom. The summed E-state index contributed by atoms with van der Waals surface area (Å²) < 4.78 is 16.9. The van der Waals surface area contributed by atoms with E-state index in [0.29, 0.717) is 19.0 Å². The van der Waals surface area contributed by atoms with Crippen molar-refractivity contribution < 1.29 is 23.8 Å². The van der Waals surface area contributed by atoms with Gasteiger partial charge in [-0.15, -0.1) is 0 Å². The molecular weight excluding hydrogens is 462 g/mol. The van der Waals surface area contributed by atoms with Gasteiger partial charge in [0.15, 0.2) is 0 Å². The highest BCUT2D eigenvalue weighted by atomic mass is 32.2. The highest BCUT2D eigenvalue weighted by molar-refractivity contribution is 8.15. The van der Waals surface area contributed by atoms with Crippen LogP contribution in [-0.2, 0) is 16.0 Å². The molecule has 0 saturated carbocycles. The molecule has 1 N–H and O–H groups in total. The third-order valence-corrected chi connectivity index (χ3v) is 6.81. The first kappa shape index (κ1) is 24.7. The normalized spacial score (nSPS) is 17.2. The number of benzene rings is 3. The second-order valence-electron chi connectivity index (χ2n) is 8.39. The van der Waals surface area contributed by atoms with Gasteiger partial charge in [0, 0.05) is 6.42 Å². The van der Waals surface area contributed by atoms with E-state index in [4.69, 9.17) is 14.2 Å². The average molecular weight is 492 g/mol. The topological polar surface area (TPSA) is 73.9 Å². The molecule has 1 saturated heterocycles. The molecule has 6 nitrogen and oxygen atoms in total. The molecule has 2 amide bonds. The SMILES string of the molecule is CCCc1cc(Oc2ccccc2)ccc1OCCCOc1ccc(C2(C)SC(=O)NC2=O)cc1. The highest BCUT2D eigenvalue weighted by Crippen LogP contribution is 2.41. The molecule has 1 heterocycles. The van der Waals surface area contributed by atoms with Crippen molar-refractivity contribution >= 4 is 22.9 Å². The van der Waals surface area contributed by atoms with Gasteiger partial charge in [-0.1, -0.05) is 43.7 Å². The van der Waals surface area contributed by atoms with Gasteiger partial charge in [-0.05, 0) is 78.7 Å². The molecule has 7 heteroatoms. The van der Waals surface area contributed by atoms with Crippen LogP contribution in [0.5, 0.6) is 23.0 Å². The monoisotopic (exact) mass is 491 g/mol. The van der Waals surface area contributed by atoms with E-state index >= 15 is 0 Å². The summed E-state index contributed by atoms with van der Waals surface area (Å²) in [5.74, 6) is 2.89. The van der Waals surface area contributed by atoms with Crippen LogP contribution in [0.1, 0.15) is 37.8 Å². The van der Waals surface area contributed by atoms with Gasteiger partial charge < -0.3 is 14.2 Å². The van der Waals surface area contributed by atoms with Crippen molar-refractivity contribution in [2.75, 3.05) is 13.2 Å². The molecule has 3 aromatic carbocycles. The van der Waals surface area contributed by atoms with Crippen molar-refractivity contribution in [1.82, 2.24) is 5.32 Å². The fourth-order valence-corrected chi connectivity index (χ4v) is 4.72. The van der Waals surface area contributed by atoms with Crippen LogP contribution in [0, 0.1) is 0 Å². The maximum absolute atomic E-state index is 12.1. The summed E-state index contributed by atoms with van der Waals surface area (Å²) in [6.45, 7) is 4.93. The van der Waals surface area contributed by atoms with Gasteiger partial charge in [-0.3, -0.25) is 14.9 Å². The number of hydrogen-bond acceptors (Lipinski definition) is 6. The van der Waals surface area contributed by atoms with Crippen molar-refractivity contribution in [2.24, 2.45) is 0 Å². The number of hydrogen-bond donors (Lipinski definition) is 1. The Labute approximate surface area is 210 Å². The summed E-state index contributed by atoms with van der Waals surface area (Å²) in [7, 11) is 0. The molecule has 1 atom stereocenters. The molecular formula is C28H29NO5S. The van der Waals surface area contributed by atoms with E-state index in [0.717, 1.165) is 59.4 Å². The first-order valence-electron chi connectivity index (χ1n) is 11.7. The van der Waals surface area contributed by atoms with E-state index in [-0.39, 0.29) is 11.1 Å². The third kappa shape index (κ3) is 6.17. The van der Waals surface area contributed by atoms with Crippen molar-refractivity contribution in [1.29, 1.82) is 0 Å². The summed E-state index contributed by atoms with van der Waals surface area (Å²) in [4.78, 5) is 23.7. The fourth-order valence-electron chi connectivity index (χ4n) is 3.81. The molecule has 0 aliphatic carbocycles. The smallest absolute Gasteiger partial charge is 0.287 e. The number of carbonyl (C=O) groups is 2. The van der Waals surface area contributed by atoms with E-state index in [2.05, 4.69) is 12.2 Å². The predicted octanol–water partition coefficient (Wildman–Crippen LogP) is 6.48. The standard InChI is InChI=1S/C28H29NO5S/c1-3-8-20-19-24(34-23-9-5-4-6-10-23)15-16-25(20)33-18-7-17-32-22-13-11-21(12-14-22)28(2)26(30)29-27(31)35-28/h4-6,9-16,19H,3,7-8,17-18H2,1-2H3,(H,29,30,31). The van der Waals surface area contributed by atoms with Crippen LogP contribution in [0.4, 0.5) is 4.79 Å². The van der Waals surface area contributed by atoms with E-state index in [1.807, 2.05) is 72.8 Å².